The fourth-order valence-corrected chi connectivity index (χ4v) is 1.53. The van der Waals surface area contributed by atoms with Crippen LogP contribution in [0.4, 0.5) is 13.2 Å². The molecule has 4 nitrogen and oxygen atoms in total. The number of carboxylic acids is 1. The Bertz CT molecular complexity index is 469. The van der Waals surface area contributed by atoms with Gasteiger partial charge in [-0.15, -0.1) is 0 Å². The van der Waals surface area contributed by atoms with E-state index in [1.165, 1.54) is 12.3 Å². The predicted octanol–water partition coefficient (Wildman–Crippen LogP) is 2.60. The van der Waals surface area contributed by atoms with Crippen molar-refractivity contribution >= 4 is 5.97 Å². The standard InChI is InChI=1S/C11H10F3NO3/c12-11(13,14)5-18-9-8(10(16)17)3-7(4-15-9)6-1-2-6/h3-4,6H,1-2,5H2,(H,16,17). The fourth-order valence-electron chi connectivity index (χ4n) is 1.53. The van der Waals surface area contributed by atoms with E-state index < -0.39 is 24.6 Å². The van der Waals surface area contributed by atoms with Crippen LogP contribution in [0.1, 0.15) is 34.7 Å². The molecule has 18 heavy (non-hydrogen) atoms. The van der Waals surface area contributed by atoms with Crippen molar-refractivity contribution < 1.29 is 27.8 Å². The van der Waals surface area contributed by atoms with Gasteiger partial charge in [-0.3, -0.25) is 0 Å². The Morgan fingerprint density at radius 2 is 2.17 bits per heavy atom. The summed E-state index contributed by atoms with van der Waals surface area (Å²) in [4.78, 5) is 14.6. The molecule has 1 aromatic rings. The molecule has 0 amide bonds. The van der Waals surface area contributed by atoms with Crippen molar-refractivity contribution in [2.75, 3.05) is 6.61 Å². The van der Waals surface area contributed by atoms with Crippen LogP contribution in [0.3, 0.4) is 0 Å². The van der Waals surface area contributed by atoms with Crippen LogP contribution < -0.4 is 4.74 Å². The van der Waals surface area contributed by atoms with Crippen LogP contribution in [0.5, 0.6) is 5.88 Å². The van der Waals surface area contributed by atoms with E-state index in [4.69, 9.17) is 5.11 Å². The number of alkyl halides is 3. The second-order valence-electron chi connectivity index (χ2n) is 4.10. The maximum atomic E-state index is 12.0. The van der Waals surface area contributed by atoms with Crippen LogP contribution in [-0.4, -0.2) is 28.8 Å². The second-order valence-corrected chi connectivity index (χ2v) is 4.10. The van der Waals surface area contributed by atoms with Crippen LogP contribution in [0.15, 0.2) is 12.3 Å². The average molecular weight is 261 g/mol. The van der Waals surface area contributed by atoms with Gasteiger partial charge in [0, 0.05) is 6.20 Å². The summed E-state index contributed by atoms with van der Waals surface area (Å²) in [7, 11) is 0. The van der Waals surface area contributed by atoms with E-state index >= 15 is 0 Å². The zero-order chi connectivity index (χ0) is 13.3. The van der Waals surface area contributed by atoms with E-state index in [9.17, 15) is 18.0 Å². The lowest BCUT2D eigenvalue weighted by Crippen LogP contribution is -2.20. The molecule has 0 atom stereocenters. The SMILES string of the molecule is O=C(O)c1cc(C2CC2)cnc1OCC(F)(F)F. The van der Waals surface area contributed by atoms with E-state index in [1.807, 2.05) is 0 Å². The minimum Gasteiger partial charge on any atom is -0.477 e. The lowest BCUT2D eigenvalue weighted by Gasteiger charge is -2.11. The van der Waals surface area contributed by atoms with Crippen LogP contribution >= 0.6 is 0 Å². The summed E-state index contributed by atoms with van der Waals surface area (Å²) in [5, 5.41) is 8.92. The van der Waals surface area contributed by atoms with Gasteiger partial charge in [-0.05, 0) is 30.4 Å². The summed E-state index contributed by atoms with van der Waals surface area (Å²) in [6.07, 6.45) is -1.25. The lowest BCUT2D eigenvalue weighted by atomic mass is 10.1. The third-order valence-corrected chi connectivity index (χ3v) is 2.52. The fraction of sp³-hybridized carbons (Fsp3) is 0.455. The van der Waals surface area contributed by atoms with E-state index in [2.05, 4.69) is 9.72 Å². The van der Waals surface area contributed by atoms with Gasteiger partial charge in [0.1, 0.15) is 5.56 Å². The molecule has 1 aromatic heterocycles. The van der Waals surface area contributed by atoms with Crippen molar-refractivity contribution in [1.82, 2.24) is 4.98 Å². The van der Waals surface area contributed by atoms with Crippen molar-refractivity contribution in [3.05, 3.63) is 23.4 Å². The number of carboxylic acid groups (broad SMARTS) is 1. The smallest absolute Gasteiger partial charge is 0.422 e. The topological polar surface area (TPSA) is 59.4 Å². The van der Waals surface area contributed by atoms with Gasteiger partial charge >= 0.3 is 12.1 Å². The van der Waals surface area contributed by atoms with Gasteiger partial charge in [-0.2, -0.15) is 13.2 Å². The third kappa shape index (κ3) is 3.12. The Morgan fingerprint density at radius 3 is 2.67 bits per heavy atom. The van der Waals surface area contributed by atoms with E-state index in [0.717, 1.165) is 18.4 Å². The van der Waals surface area contributed by atoms with Crippen LogP contribution in [0.25, 0.3) is 0 Å². The van der Waals surface area contributed by atoms with E-state index in [1.54, 1.807) is 0 Å². The highest BCUT2D eigenvalue weighted by Crippen LogP contribution is 2.40. The Morgan fingerprint density at radius 1 is 1.50 bits per heavy atom. The maximum Gasteiger partial charge on any atom is 0.422 e. The summed E-state index contributed by atoms with van der Waals surface area (Å²) >= 11 is 0. The molecular formula is C11H10F3NO3. The number of carbonyl (C=O) groups is 1. The van der Waals surface area contributed by atoms with Crippen molar-refractivity contribution in [3.63, 3.8) is 0 Å². The highest BCUT2D eigenvalue weighted by Gasteiger charge is 2.30. The quantitative estimate of drug-likeness (QED) is 0.905. The largest absolute Gasteiger partial charge is 0.477 e. The molecular weight excluding hydrogens is 251 g/mol. The van der Waals surface area contributed by atoms with Gasteiger partial charge < -0.3 is 9.84 Å². The molecule has 2 rings (SSSR count). The highest BCUT2D eigenvalue weighted by atomic mass is 19.4. The molecule has 1 aliphatic rings. The first-order chi connectivity index (χ1) is 8.37. The lowest BCUT2D eigenvalue weighted by molar-refractivity contribution is -0.154. The molecule has 1 saturated carbocycles. The Balaban J connectivity index is 2.20. The first-order valence-corrected chi connectivity index (χ1v) is 5.29. The van der Waals surface area contributed by atoms with Crippen molar-refractivity contribution in [1.29, 1.82) is 0 Å². The van der Waals surface area contributed by atoms with Crippen molar-refractivity contribution in [2.24, 2.45) is 0 Å². The molecule has 0 saturated heterocycles. The van der Waals surface area contributed by atoms with Crippen LogP contribution in [0.2, 0.25) is 0 Å². The van der Waals surface area contributed by atoms with Crippen molar-refractivity contribution in [3.8, 4) is 5.88 Å². The molecule has 0 radical (unpaired) electrons. The van der Waals surface area contributed by atoms with Gasteiger partial charge in [0.05, 0.1) is 0 Å². The zero-order valence-corrected chi connectivity index (χ0v) is 9.20. The normalized spacial score (nSPS) is 15.5. The van der Waals surface area contributed by atoms with E-state index in [0.29, 0.717) is 0 Å². The van der Waals surface area contributed by atoms with Crippen LogP contribution in [0, 0.1) is 0 Å². The molecule has 1 aliphatic carbocycles. The number of hydrogen-bond acceptors (Lipinski definition) is 3. The number of ether oxygens (including phenoxy) is 1. The molecule has 0 aliphatic heterocycles. The number of halogens is 3. The summed E-state index contributed by atoms with van der Waals surface area (Å²) < 4.78 is 40.4. The summed E-state index contributed by atoms with van der Waals surface area (Å²) in [5.74, 6) is -1.57. The Kier molecular flexibility index (Phi) is 3.14. The highest BCUT2D eigenvalue weighted by molar-refractivity contribution is 5.90. The molecule has 1 N–H and O–H groups in total. The van der Waals surface area contributed by atoms with E-state index in [-0.39, 0.29) is 11.5 Å². The van der Waals surface area contributed by atoms with Gasteiger partial charge in [-0.1, -0.05) is 0 Å². The Labute approximate surface area is 100 Å². The second kappa shape index (κ2) is 4.47. The zero-order valence-electron chi connectivity index (χ0n) is 9.20. The minimum atomic E-state index is -4.52. The number of rotatable bonds is 4. The van der Waals surface area contributed by atoms with Crippen molar-refractivity contribution in [2.45, 2.75) is 24.9 Å². The maximum absolute atomic E-state index is 12.0. The first kappa shape index (κ1) is 12.7. The molecule has 1 heterocycles. The number of aromatic nitrogens is 1. The molecule has 0 aromatic carbocycles. The summed E-state index contributed by atoms with van der Waals surface area (Å²) in [5.41, 5.74) is 0.399. The van der Waals surface area contributed by atoms with Gasteiger partial charge in [0.2, 0.25) is 5.88 Å². The summed E-state index contributed by atoms with van der Waals surface area (Å²) in [6, 6.07) is 1.33. The number of aromatic carboxylic acids is 1. The molecule has 0 unspecified atom stereocenters. The summed E-state index contributed by atoms with van der Waals surface area (Å²) in [6.45, 7) is -1.55. The number of nitrogens with zero attached hydrogens (tertiary/aromatic N) is 1. The predicted molar refractivity (Wildman–Crippen MR) is 54.7 cm³/mol. The average Bonchev–Trinajstić information content (AvgIpc) is 3.08. The molecule has 0 bridgehead atoms. The monoisotopic (exact) mass is 261 g/mol. The molecule has 98 valence electrons. The minimum absolute atomic E-state index is 0.271. The number of hydrogen-bond donors (Lipinski definition) is 1. The molecule has 7 heteroatoms. The van der Waals surface area contributed by atoms with Gasteiger partial charge in [0.25, 0.3) is 0 Å². The molecule has 1 fully saturated rings. The van der Waals surface area contributed by atoms with Crippen LogP contribution in [-0.2, 0) is 0 Å². The Hall–Kier alpha value is -1.79. The molecule has 0 spiro atoms. The third-order valence-electron chi connectivity index (χ3n) is 2.52. The van der Waals surface area contributed by atoms with Gasteiger partial charge in [-0.25, -0.2) is 9.78 Å². The number of pyridine rings is 1. The van der Waals surface area contributed by atoms with Gasteiger partial charge in [0.15, 0.2) is 6.61 Å². The first-order valence-electron chi connectivity index (χ1n) is 5.29.